The maximum atomic E-state index is 12.1. The third kappa shape index (κ3) is 3.02. The minimum Gasteiger partial charge on any atom is -0.490 e. The molecule has 20 heavy (non-hydrogen) atoms. The topological polar surface area (TPSA) is 31.2 Å². The number of hydrogen-bond acceptors (Lipinski definition) is 2. The van der Waals surface area contributed by atoms with Crippen molar-refractivity contribution in [3.05, 3.63) is 63.9 Å². The standard InChI is InChI=1S/C16H16BrNO2/c1-3-11-20-13-7-5-12(6-8-13)15-10-9-14(17)16(19)18(15)4-2/h3,5-10H,1,4,11H2,2H3. The highest BCUT2D eigenvalue weighted by atomic mass is 79.9. The number of aromatic nitrogens is 1. The number of pyridine rings is 1. The quantitative estimate of drug-likeness (QED) is 0.778. The van der Waals surface area contributed by atoms with Crippen molar-refractivity contribution in [3.8, 4) is 17.0 Å². The molecule has 0 aliphatic carbocycles. The first-order valence-electron chi connectivity index (χ1n) is 6.41. The van der Waals surface area contributed by atoms with Gasteiger partial charge in [-0.1, -0.05) is 12.7 Å². The van der Waals surface area contributed by atoms with Crippen LogP contribution in [0.4, 0.5) is 0 Å². The summed E-state index contributed by atoms with van der Waals surface area (Å²) < 4.78 is 7.77. The van der Waals surface area contributed by atoms with Crippen LogP contribution >= 0.6 is 15.9 Å². The van der Waals surface area contributed by atoms with E-state index in [1.807, 2.05) is 37.3 Å². The Balaban J connectivity index is 2.39. The van der Waals surface area contributed by atoms with Crippen molar-refractivity contribution in [1.29, 1.82) is 0 Å². The van der Waals surface area contributed by atoms with Gasteiger partial charge >= 0.3 is 0 Å². The average Bonchev–Trinajstić information content (AvgIpc) is 2.48. The predicted octanol–water partition coefficient (Wildman–Crippen LogP) is 3.86. The van der Waals surface area contributed by atoms with Crippen molar-refractivity contribution in [1.82, 2.24) is 4.57 Å². The zero-order valence-electron chi connectivity index (χ0n) is 11.3. The summed E-state index contributed by atoms with van der Waals surface area (Å²) >= 11 is 3.27. The van der Waals surface area contributed by atoms with E-state index in [9.17, 15) is 4.79 Å². The van der Waals surface area contributed by atoms with Crippen LogP contribution in [0.25, 0.3) is 11.3 Å². The van der Waals surface area contributed by atoms with Gasteiger partial charge in [0.2, 0.25) is 0 Å². The minimum absolute atomic E-state index is 0.0167. The molecular formula is C16H16BrNO2. The van der Waals surface area contributed by atoms with E-state index in [-0.39, 0.29) is 5.56 Å². The molecule has 0 fully saturated rings. The van der Waals surface area contributed by atoms with E-state index in [1.54, 1.807) is 16.7 Å². The molecule has 104 valence electrons. The van der Waals surface area contributed by atoms with E-state index >= 15 is 0 Å². The summed E-state index contributed by atoms with van der Waals surface area (Å²) in [6, 6.07) is 11.4. The van der Waals surface area contributed by atoms with Gasteiger partial charge in [0.05, 0.1) is 10.2 Å². The van der Waals surface area contributed by atoms with Gasteiger partial charge in [-0.05, 0) is 64.8 Å². The number of hydrogen-bond donors (Lipinski definition) is 0. The number of nitrogens with zero attached hydrogens (tertiary/aromatic N) is 1. The third-order valence-electron chi connectivity index (χ3n) is 2.96. The van der Waals surface area contributed by atoms with Gasteiger partial charge in [-0.25, -0.2) is 0 Å². The Labute approximate surface area is 126 Å². The number of ether oxygens (including phenoxy) is 1. The van der Waals surface area contributed by atoms with Gasteiger partial charge in [-0.2, -0.15) is 0 Å². The Morgan fingerprint density at radius 3 is 2.55 bits per heavy atom. The monoisotopic (exact) mass is 333 g/mol. The first-order valence-corrected chi connectivity index (χ1v) is 7.20. The van der Waals surface area contributed by atoms with E-state index < -0.39 is 0 Å². The highest BCUT2D eigenvalue weighted by Crippen LogP contribution is 2.22. The lowest BCUT2D eigenvalue weighted by Gasteiger charge is -2.12. The van der Waals surface area contributed by atoms with Gasteiger partial charge in [-0.15, -0.1) is 0 Å². The summed E-state index contributed by atoms with van der Waals surface area (Å²) in [4.78, 5) is 12.1. The molecule has 0 radical (unpaired) electrons. The van der Waals surface area contributed by atoms with E-state index in [2.05, 4.69) is 22.5 Å². The molecule has 1 aromatic carbocycles. The highest BCUT2D eigenvalue weighted by Gasteiger charge is 2.07. The van der Waals surface area contributed by atoms with Crippen LogP contribution in [0.3, 0.4) is 0 Å². The lowest BCUT2D eigenvalue weighted by molar-refractivity contribution is 0.363. The maximum Gasteiger partial charge on any atom is 0.265 e. The number of halogens is 1. The SMILES string of the molecule is C=CCOc1ccc(-c2ccc(Br)c(=O)n2CC)cc1. The molecule has 2 rings (SSSR count). The molecule has 0 aliphatic heterocycles. The van der Waals surface area contributed by atoms with Gasteiger partial charge in [0.25, 0.3) is 5.56 Å². The molecule has 2 aromatic rings. The van der Waals surface area contributed by atoms with Gasteiger partial charge in [0.15, 0.2) is 0 Å². The fraction of sp³-hybridized carbons (Fsp3) is 0.188. The van der Waals surface area contributed by atoms with Crippen molar-refractivity contribution in [2.75, 3.05) is 6.61 Å². The second kappa shape index (κ2) is 6.57. The lowest BCUT2D eigenvalue weighted by atomic mass is 10.1. The molecule has 3 nitrogen and oxygen atoms in total. The summed E-state index contributed by atoms with van der Waals surface area (Å²) in [5.41, 5.74) is 1.87. The van der Waals surface area contributed by atoms with Gasteiger partial charge < -0.3 is 9.30 Å². The Morgan fingerprint density at radius 2 is 1.95 bits per heavy atom. The summed E-state index contributed by atoms with van der Waals surface area (Å²) in [7, 11) is 0. The van der Waals surface area contributed by atoms with Gasteiger partial charge in [0.1, 0.15) is 12.4 Å². The molecule has 0 saturated carbocycles. The Hall–Kier alpha value is -1.81. The molecule has 0 unspecified atom stereocenters. The largest absolute Gasteiger partial charge is 0.490 e. The van der Waals surface area contributed by atoms with Crippen LogP contribution in [0.5, 0.6) is 5.75 Å². The molecule has 0 saturated heterocycles. The third-order valence-corrected chi connectivity index (χ3v) is 3.57. The van der Waals surface area contributed by atoms with Crippen LogP contribution in [-0.4, -0.2) is 11.2 Å². The smallest absolute Gasteiger partial charge is 0.265 e. The summed E-state index contributed by atoms with van der Waals surface area (Å²) in [6.07, 6.45) is 1.71. The summed E-state index contributed by atoms with van der Waals surface area (Å²) in [5, 5.41) is 0. The second-order valence-electron chi connectivity index (χ2n) is 4.24. The molecule has 0 spiro atoms. The molecule has 1 heterocycles. The predicted molar refractivity (Wildman–Crippen MR) is 85.2 cm³/mol. The molecule has 4 heteroatoms. The number of rotatable bonds is 5. The first kappa shape index (κ1) is 14.6. The van der Waals surface area contributed by atoms with E-state index in [0.29, 0.717) is 17.6 Å². The van der Waals surface area contributed by atoms with E-state index in [4.69, 9.17) is 4.74 Å². The van der Waals surface area contributed by atoms with Crippen LogP contribution in [-0.2, 0) is 6.54 Å². The fourth-order valence-corrected chi connectivity index (χ4v) is 2.34. The van der Waals surface area contributed by atoms with E-state index in [0.717, 1.165) is 17.0 Å². The molecule has 0 atom stereocenters. The van der Waals surface area contributed by atoms with Crippen LogP contribution in [0.2, 0.25) is 0 Å². The van der Waals surface area contributed by atoms with Crippen LogP contribution in [0, 0.1) is 0 Å². The minimum atomic E-state index is -0.0167. The highest BCUT2D eigenvalue weighted by molar-refractivity contribution is 9.10. The van der Waals surface area contributed by atoms with Crippen molar-refractivity contribution < 1.29 is 4.74 Å². The summed E-state index contributed by atoms with van der Waals surface area (Å²) in [6.45, 7) is 6.68. The normalized spacial score (nSPS) is 10.3. The van der Waals surface area contributed by atoms with Crippen molar-refractivity contribution in [2.45, 2.75) is 13.5 Å². The zero-order valence-corrected chi connectivity index (χ0v) is 12.9. The Morgan fingerprint density at radius 1 is 1.25 bits per heavy atom. The molecule has 0 N–H and O–H groups in total. The first-order chi connectivity index (χ1) is 9.67. The molecule has 0 amide bonds. The fourth-order valence-electron chi connectivity index (χ4n) is 1.99. The molecule has 0 aliphatic rings. The zero-order chi connectivity index (χ0) is 14.5. The van der Waals surface area contributed by atoms with Crippen LogP contribution in [0.1, 0.15) is 6.92 Å². The summed E-state index contributed by atoms with van der Waals surface area (Å²) in [5.74, 6) is 0.788. The lowest BCUT2D eigenvalue weighted by Crippen LogP contribution is -2.21. The molecular weight excluding hydrogens is 318 g/mol. The van der Waals surface area contributed by atoms with Crippen LogP contribution in [0.15, 0.2) is 58.3 Å². The van der Waals surface area contributed by atoms with Crippen molar-refractivity contribution in [2.24, 2.45) is 0 Å². The Bertz CT molecular complexity index is 659. The molecule has 1 aromatic heterocycles. The number of benzene rings is 1. The van der Waals surface area contributed by atoms with Gasteiger partial charge in [0, 0.05) is 6.54 Å². The molecule has 0 bridgehead atoms. The van der Waals surface area contributed by atoms with Crippen molar-refractivity contribution >= 4 is 15.9 Å². The van der Waals surface area contributed by atoms with Crippen LogP contribution < -0.4 is 10.3 Å². The van der Waals surface area contributed by atoms with Crippen molar-refractivity contribution in [3.63, 3.8) is 0 Å². The maximum absolute atomic E-state index is 12.1. The Kier molecular flexibility index (Phi) is 4.79. The average molecular weight is 334 g/mol. The van der Waals surface area contributed by atoms with E-state index in [1.165, 1.54) is 0 Å². The van der Waals surface area contributed by atoms with Gasteiger partial charge in [-0.3, -0.25) is 4.79 Å². The second-order valence-corrected chi connectivity index (χ2v) is 5.09.